The summed E-state index contributed by atoms with van der Waals surface area (Å²) in [6.45, 7) is 6.14. The molecule has 2 aromatic rings. The first kappa shape index (κ1) is 17.6. The summed E-state index contributed by atoms with van der Waals surface area (Å²) in [6.07, 6.45) is 9.84. The highest BCUT2D eigenvalue weighted by atomic mass is 32.2. The Balaban J connectivity index is 1.52. The topological polar surface area (TPSA) is 55.2 Å². The molecule has 0 radical (unpaired) electrons. The number of piperidine rings is 1. The summed E-state index contributed by atoms with van der Waals surface area (Å²) in [5.41, 5.74) is 0. The van der Waals surface area contributed by atoms with E-state index in [0.29, 0.717) is 23.9 Å². The van der Waals surface area contributed by atoms with Crippen LogP contribution in [0.4, 0.5) is 0 Å². The number of nitrogens with zero attached hydrogens (tertiary/aromatic N) is 3. The second-order valence-electron chi connectivity index (χ2n) is 6.57. The van der Waals surface area contributed by atoms with E-state index in [9.17, 15) is 8.42 Å². The van der Waals surface area contributed by atoms with E-state index >= 15 is 0 Å². The molecule has 0 unspecified atom stereocenters. The zero-order valence-corrected chi connectivity index (χ0v) is 15.9. The Labute approximate surface area is 148 Å². The van der Waals surface area contributed by atoms with E-state index in [1.54, 1.807) is 21.8 Å². The minimum Gasteiger partial charge on any atom is -0.337 e. The van der Waals surface area contributed by atoms with E-state index in [1.807, 2.05) is 32.4 Å². The Morgan fingerprint density at radius 3 is 2.62 bits per heavy atom. The molecular weight excluding hydrogens is 342 g/mol. The average Bonchev–Trinajstić information content (AvgIpc) is 3.17. The van der Waals surface area contributed by atoms with Crippen LogP contribution < -0.4 is 0 Å². The van der Waals surface area contributed by atoms with Crippen molar-refractivity contribution < 1.29 is 8.42 Å². The third kappa shape index (κ3) is 3.90. The fraction of sp³-hybridized carbons (Fsp3) is 0.588. The van der Waals surface area contributed by atoms with E-state index in [4.69, 9.17) is 0 Å². The van der Waals surface area contributed by atoms with Gasteiger partial charge in [0.15, 0.2) is 0 Å². The van der Waals surface area contributed by atoms with E-state index in [2.05, 4.69) is 9.55 Å². The first-order valence-corrected chi connectivity index (χ1v) is 10.8. The highest BCUT2D eigenvalue weighted by Crippen LogP contribution is 2.31. The maximum absolute atomic E-state index is 12.8. The van der Waals surface area contributed by atoms with Crippen LogP contribution in [0.2, 0.25) is 0 Å². The predicted octanol–water partition coefficient (Wildman–Crippen LogP) is 3.44. The molecule has 3 heterocycles. The Morgan fingerprint density at radius 2 is 2.04 bits per heavy atom. The second-order valence-corrected chi connectivity index (χ2v) is 9.93. The van der Waals surface area contributed by atoms with Gasteiger partial charge in [0.05, 0.1) is 11.2 Å². The number of hydrogen-bond acceptors (Lipinski definition) is 4. The van der Waals surface area contributed by atoms with Gasteiger partial charge in [0.25, 0.3) is 0 Å². The number of rotatable bonds is 6. The van der Waals surface area contributed by atoms with Crippen LogP contribution in [0.15, 0.2) is 29.7 Å². The van der Waals surface area contributed by atoms with Gasteiger partial charge in [-0.2, -0.15) is 4.31 Å². The van der Waals surface area contributed by atoms with Crippen molar-refractivity contribution in [3.05, 3.63) is 34.5 Å². The zero-order valence-electron chi connectivity index (χ0n) is 14.3. The molecule has 3 rings (SSSR count). The number of imidazole rings is 1. The van der Waals surface area contributed by atoms with Gasteiger partial charge in [0.1, 0.15) is 0 Å². The molecule has 0 N–H and O–H groups in total. The van der Waals surface area contributed by atoms with Crippen LogP contribution in [0.3, 0.4) is 0 Å². The van der Waals surface area contributed by atoms with Crippen molar-refractivity contribution in [2.24, 2.45) is 5.92 Å². The Bertz CT molecular complexity index is 758. The molecule has 1 saturated heterocycles. The lowest BCUT2D eigenvalue weighted by Gasteiger charge is -2.31. The molecule has 5 nitrogen and oxygen atoms in total. The number of hydrogen-bond donors (Lipinski definition) is 0. The lowest BCUT2D eigenvalue weighted by atomic mass is 9.93. The van der Waals surface area contributed by atoms with Crippen LogP contribution in [0.5, 0.6) is 0 Å². The van der Waals surface area contributed by atoms with Crippen LogP contribution in [0.25, 0.3) is 0 Å². The van der Waals surface area contributed by atoms with Crippen molar-refractivity contribution in [1.29, 1.82) is 0 Å². The first-order valence-electron chi connectivity index (χ1n) is 8.50. The van der Waals surface area contributed by atoms with Gasteiger partial charge in [-0.1, -0.05) is 0 Å². The minimum absolute atomic E-state index is 0.503. The van der Waals surface area contributed by atoms with Gasteiger partial charge >= 0.3 is 0 Å². The zero-order chi connectivity index (χ0) is 17.2. The molecule has 2 aromatic heterocycles. The van der Waals surface area contributed by atoms with Gasteiger partial charge in [0, 0.05) is 41.8 Å². The summed E-state index contributed by atoms with van der Waals surface area (Å²) in [6, 6.07) is 1.81. The summed E-state index contributed by atoms with van der Waals surface area (Å²) < 4.78 is 29.4. The van der Waals surface area contributed by atoms with Gasteiger partial charge in [-0.05, 0) is 51.5 Å². The van der Waals surface area contributed by atoms with Gasteiger partial charge in [-0.25, -0.2) is 13.4 Å². The van der Waals surface area contributed by atoms with Crippen LogP contribution in [-0.2, 0) is 16.6 Å². The number of thiophene rings is 1. The van der Waals surface area contributed by atoms with Crippen LogP contribution in [-0.4, -0.2) is 35.4 Å². The molecular formula is C17H25N3O2S2. The van der Waals surface area contributed by atoms with Crippen molar-refractivity contribution in [3.8, 4) is 0 Å². The molecule has 1 aliphatic heterocycles. The second kappa shape index (κ2) is 7.37. The Kier molecular flexibility index (Phi) is 5.42. The third-order valence-corrected chi connectivity index (χ3v) is 7.89. The maximum atomic E-state index is 12.8. The summed E-state index contributed by atoms with van der Waals surface area (Å²) in [4.78, 5) is 6.51. The molecule has 0 spiro atoms. The van der Waals surface area contributed by atoms with Gasteiger partial charge in [0.2, 0.25) is 10.0 Å². The SMILES string of the molecule is Cc1cc(S(=O)(=O)N2CCC(CCCn3ccnc3)CC2)c(C)s1. The smallest absolute Gasteiger partial charge is 0.244 e. The molecule has 0 atom stereocenters. The molecule has 1 fully saturated rings. The molecule has 0 saturated carbocycles. The maximum Gasteiger partial charge on any atom is 0.244 e. The lowest BCUT2D eigenvalue weighted by Crippen LogP contribution is -2.38. The first-order chi connectivity index (χ1) is 11.5. The van der Waals surface area contributed by atoms with Crippen molar-refractivity contribution in [2.75, 3.05) is 13.1 Å². The normalized spacial score (nSPS) is 17.4. The Morgan fingerprint density at radius 1 is 1.29 bits per heavy atom. The fourth-order valence-corrected chi connectivity index (χ4v) is 6.42. The fourth-order valence-electron chi connectivity index (χ4n) is 3.42. The molecule has 24 heavy (non-hydrogen) atoms. The van der Waals surface area contributed by atoms with Crippen molar-refractivity contribution >= 4 is 21.4 Å². The van der Waals surface area contributed by atoms with Crippen molar-refractivity contribution in [1.82, 2.24) is 13.9 Å². The molecule has 7 heteroatoms. The van der Waals surface area contributed by atoms with Gasteiger partial charge in [-0.3, -0.25) is 0 Å². The van der Waals surface area contributed by atoms with E-state index in [0.717, 1.165) is 42.0 Å². The van der Waals surface area contributed by atoms with Crippen LogP contribution >= 0.6 is 11.3 Å². The molecule has 0 amide bonds. The highest BCUT2D eigenvalue weighted by molar-refractivity contribution is 7.89. The van der Waals surface area contributed by atoms with Crippen molar-refractivity contribution in [3.63, 3.8) is 0 Å². The largest absolute Gasteiger partial charge is 0.337 e. The quantitative estimate of drug-likeness (QED) is 0.786. The molecule has 1 aliphatic rings. The molecule has 0 aliphatic carbocycles. The summed E-state index contributed by atoms with van der Waals surface area (Å²) in [5.74, 6) is 0.630. The number of aromatic nitrogens is 2. The standard InChI is InChI=1S/C17H25N3O2S2/c1-14-12-17(15(2)23-14)24(21,22)20-9-5-16(6-10-20)4-3-8-19-11-7-18-13-19/h7,11-13,16H,3-6,8-10H2,1-2H3. The lowest BCUT2D eigenvalue weighted by molar-refractivity contribution is 0.258. The van der Waals surface area contributed by atoms with Crippen molar-refractivity contribution in [2.45, 2.75) is 51.0 Å². The van der Waals surface area contributed by atoms with E-state index < -0.39 is 10.0 Å². The average molecular weight is 368 g/mol. The molecule has 0 bridgehead atoms. The number of aryl methyl sites for hydroxylation is 3. The summed E-state index contributed by atoms with van der Waals surface area (Å²) in [5, 5.41) is 0. The number of sulfonamides is 1. The van der Waals surface area contributed by atoms with Gasteiger partial charge in [-0.15, -0.1) is 11.3 Å². The highest BCUT2D eigenvalue weighted by Gasteiger charge is 2.31. The minimum atomic E-state index is -3.32. The Hall–Kier alpha value is -1.18. The monoisotopic (exact) mass is 367 g/mol. The summed E-state index contributed by atoms with van der Waals surface area (Å²) >= 11 is 1.56. The molecule has 132 valence electrons. The van der Waals surface area contributed by atoms with Crippen LogP contribution in [0, 0.1) is 19.8 Å². The third-order valence-electron chi connectivity index (χ3n) is 4.77. The predicted molar refractivity (Wildman–Crippen MR) is 96.7 cm³/mol. The molecule has 0 aromatic carbocycles. The summed E-state index contributed by atoms with van der Waals surface area (Å²) in [7, 11) is -3.32. The van der Waals surface area contributed by atoms with Gasteiger partial charge < -0.3 is 4.57 Å². The van der Waals surface area contributed by atoms with E-state index in [-0.39, 0.29) is 0 Å². The van der Waals surface area contributed by atoms with E-state index in [1.165, 1.54) is 0 Å². The van der Waals surface area contributed by atoms with Crippen LogP contribution in [0.1, 0.15) is 35.4 Å².